The van der Waals surface area contributed by atoms with E-state index in [1.165, 1.54) is 0 Å². The number of aliphatic hydroxyl groups is 2. The number of carbonyl (C=O) groups is 1. The Morgan fingerprint density at radius 3 is 2.67 bits per heavy atom. The average molecular weight is 489 g/mol. The van der Waals surface area contributed by atoms with Gasteiger partial charge in [-0.15, -0.1) is 0 Å². The number of amides is 1. The molecule has 4 N–H and O–H groups in total. The number of carbonyl (C=O) groups excluding carboxylic acids is 1. The van der Waals surface area contributed by atoms with Gasteiger partial charge in [0.2, 0.25) is 0 Å². The lowest BCUT2D eigenvalue weighted by Gasteiger charge is -2.29. The standard InChI is InChI=1S/C27H28N4O5/c32-16-21(33)17-36-22-9-7-19(8-10-22)28-27(34)23-5-2-6-24-25(23)30-26(29-24)18-3-1-4-20(15-18)31-11-13-35-14-12-31/h1-10,15,21,32-33H,11-14,16-17H2,(H,28,34)(H,29,30)/t21-/m0/s1. The maximum Gasteiger partial charge on any atom is 0.257 e. The molecule has 1 amide bonds. The minimum Gasteiger partial charge on any atom is -0.491 e. The molecule has 1 aliphatic rings. The maximum absolute atomic E-state index is 13.1. The number of rotatable bonds is 8. The van der Waals surface area contributed by atoms with Crippen molar-refractivity contribution in [2.75, 3.05) is 49.7 Å². The first-order valence-corrected chi connectivity index (χ1v) is 11.9. The van der Waals surface area contributed by atoms with Crippen LogP contribution < -0.4 is 15.0 Å². The van der Waals surface area contributed by atoms with E-state index in [9.17, 15) is 9.90 Å². The molecule has 0 spiro atoms. The average Bonchev–Trinajstić information content (AvgIpc) is 3.38. The Bertz CT molecular complexity index is 1330. The summed E-state index contributed by atoms with van der Waals surface area (Å²) in [5.74, 6) is 0.955. The number of nitrogens with zero attached hydrogens (tertiary/aromatic N) is 2. The molecule has 0 aliphatic carbocycles. The van der Waals surface area contributed by atoms with E-state index < -0.39 is 6.10 Å². The van der Waals surface area contributed by atoms with Gasteiger partial charge >= 0.3 is 0 Å². The zero-order valence-electron chi connectivity index (χ0n) is 19.7. The number of aromatic amines is 1. The zero-order valence-corrected chi connectivity index (χ0v) is 19.7. The van der Waals surface area contributed by atoms with Gasteiger partial charge in [0.05, 0.1) is 30.9 Å². The first kappa shape index (κ1) is 23.8. The second kappa shape index (κ2) is 10.8. The summed E-state index contributed by atoms with van der Waals surface area (Å²) in [6, 6.07) is 20.5. The third kappa shape index (κ3) is 5.33. The van der Waals surface area contributed by atoms with E-state index in [0.717, 1.165) is 43.1 Å². The van der Waals surface area contributed by atoms with Crippen LogP contribution in [-0.2, 0) is 4.74 Å². The number of ether oxygens (including phenoxy) is 2. The molecule has 0 radical (unpaired) electrons. The Balaban J connectivity index is 1.33. The maximum atomic E-state index is 13.1. The number of para-hydroxylation sites is 1. The summed E-state index contributed by atoms with van der Waals surface area (Å²) < 4.78 is 10.9. The summed E-state index contributed by atoms with van der Waals surface area (Å²) in [5.41, 5.74) is 4.50. The van der Waals surface area contributed by atoms with Gasteiger partial charge < -0.3 is 34.9 Å². The van der Waals surface area contributed by atoms with Gasteiger partial charge in [-0.05, 0) is 48.5 Å². The van der Waals surface area contributed by atoms with Crippen LogP contribution >= 0.6 is 0 Å². The van der Waals surface area contributed by atoms with E-state index in [0.29, 0.717) is 28.3 Å². The van der Waals surface area contributed by atoms with Gasteiger partial charge in [-0.2, -0.15) is 0 Å². The van der Waals surface area contributed by atoms with E-state index in [-0.39, 0.29) is 19.1 Å². The molecular weight excluding hydrogens is 460 g/mol. The number of nitrogens with one attached hydrogen (secondary N) is 2. The molecule has 1 aliphatic heterocycles. The minimum absolute atomic E-state index is 0.0128. The minimum atomic E-state index is -0.939. The van der Waals surface area contributed by atoms with Crippen molar-refractivity contribution in [3.8, 4) is 17.1 Å². The first-order chi connectivity index (χ1) is 17.6. The number of hydrogen-bond donors (Lipinski definition) is 4. The molecule has 2 heterocycles. The molecule has 36 heavy (non-hydrogen) atoms. The van der Waals surface area contributed by atoms with Crippen molar-refractivity contribution in [3.05, 3.63) is 72.3 Å². The normalized spacial score (nSPS) is 14.6. The quantitative estimate of drug-likeness (QED) is 0.301. The number of aromatic nitrogens is 2. The van der Waals surface area contributed by atoms with Gasteiger partial charge in [0.25, 0.3) is 5.91 Å². The zero-order chi connectivity index (χ0) is 24.9. The number of benzene rings is 3. The van der Waals surface area contributed by atoms with Crippen LogP contribution in [-0.4, -0.2) is 71.7 Å². The molecule has 1 fully saturated rings. The van der Waals surface area contributed by atoms with E-state index in [2.05, 4.69) is 27.3 Å². The Kier molecular flexibility index (Phi) is 7.13. The molecule has 1 saturated heterocycles. The molecule has 1 atom stereocenters. The van der Waals surface area contributed by atoms with Gasteiger partial charge in [0, 0.05) is 30.0 Å². The summed E-state index contributed by atoms with van der Waals surface area (Å²) in [4.78, 5) is 23.5. The smallest absolute Gasteiger partial charge is 0.257 e. The van der Waals surface area contributed by atoms with Crippen LogP contribution in [0.2, 0.25) is 0 Å². The number of aliphatic hydroxyl groups excluding tert-OH is 2. The second-order valence-corrected chi connectivity index (χ2v) is 8.56. The fraction of sp³-hybridized carbons (Fsp3) is 0.259. The van der Waals surface area contributed by atoms with Gasteiger partial charge in [0.15, 0.2) is 0 Å². The van der Waals surface area contributed by atoms with E-state index >= 15 is 0 Å². The summed E-state index contributed by atoms with van der Waals surface area (Å²) in [6.45, 7) is 2.76. The van der Waals surface area contributed by atoms with Crippen molar-refractivity contribution < 1.29 is 24.5 Å². The highest BCUT2D eigenvalue weighted by Gasteiger charge is 2.16. The summed E-state index contributed by atoms with van der Waals surface area (Å²) in [5, 5.41) is 21.2. The van der Waals surface area contributed by atoms with Crippen LogP contribution in [0.4, 0.5) is 11.4 Å². The highest BCUT2D eigenvalue weighted by Crippen LogP contribution is 2.27. The fourth-order valence-corrected chi connectivity index (χ4v) is 4.10. The highest BCUT2D eigenvalue weighted by molar-refractivity contribution is 6.11. The molecule has 9 heteroatoms. The number of fused-ring (bicyclic) bond motifs is 1. The van der Waals surface area contributed by atoms with Crippen LogP contribution in [0.3, 0.4) is 0 Å². The molecule has 186 valence electrons. The topological polar surface area (TPSA) is 120 Å². The Labute approximate surface area is 208 Å². The summed E-state index contributed by atoms with van der Waals surface area (Å²) in [7, 11) is 0. The molecule has 0 bridgehead atoms. The molecule has 1 aromatic heterocycles. The number of H-pyrrole nitrogens is 1. The van der Waals surface area contributed by atoms with Gasteiger partial charge in [0.1, 0.15) is 29.8 Å². The monoisotopic (exact) mass is 488 g/mol. The predicted molar refractivity (Wildman–Crippen MR) is 138 cm³/mol. The molecule has 9 nitrogen and oxygen atoms in total. The highest BCUT2D eigenvalue weighted by atomic mass is 16.5. The molecular formula is C27H28N4O5. The van der Waals surface area contributed by atoms with Gasteiger partial charge in [-0.1, -0.05) is 18.2 Å². The SMILES string of the molecule is O=C(Nc1ccc(OC[C@@H](O)CO)cc1)c1cccc2[nH]c(-c3cccc(N4CCOCC4)c3)nc12. The van der Waals surface area contributed by atoms with Gasteiger partial charge in [-0.25, -0.2) is 4.98 Å². The lowest BCUT2D eigenvalue weighted by atomic mass is 10.1. The van der Waals surface area contributed by atoms with Crippen molar-refractivity contribution in [2.24, 2.45) is 0 Å². The van der Waals surface area contributed by atoms with Crippen LogP contribution in [0.15, 0.2) is 66.7 Å². The van der Waals surface area contributed by atoms with Crippen molar-refractivity contribution >= 4 is 28.3 Å². The number of anilines is 2. The molecule has 0 unspecified atom stereocenters. The van der Waals surface area contributed by atoms with Crippen molar-refractivity contribution in [1.29, 1.82) is 0 Å². The van der Waals surface area contributed by atoms with E-state index in [1.807, 2.05) is 24.3 Å². The predicted octanol–water partition coefficient (Wildman–Crippen LogP) is 3.05. The van der Waals surface area contributed by atoms with E-state index in [4.69, 9.17) is 19.6 Å². The fourth-order valence-electron chi connectivity index (χ4n) is 4.10. The lowest BCUT2D eigenvalue weighted by molar-refractivity contribution is 0.0536. The molecule has 5 rings (SSSR count). The van der Waals surface area contributed by atoms with Crippen LogP contribution in [0.1, 0.15) is 10.4 Å². The number of morpholine rings is 1. The Hall–Kier alpha value is -3.92. The summed E-state index contributed by atoms with van der Waals surface area (Å²) >= 11 is 0. The largest absolute Gasteiger partial charge is 0.491 e. The van der Waals surface area contributed by atoms with Gasteiger partial charge in [-0.3, -0.25) is 4.79 Å². The Morgan fingerprint density at radius 1 is 1.11 bits per heavy atom. The third-order valence-corrected chi connectivity index (χ3v) is 6.02. The van der Waals surface area contributed by atoms with Crippen molar-refractivity contribution in [2.45, 2.75) is 6.10 Å². The number of imidazole rings is 1. The van der Waals surface area contributed by atoms with Crippen LogP contribution in [0.5, 0.6) is 5.75 Å². The molecule has 3 aromatic carbocycles. The van der Waals surface area contributed by atoms with Crippen molar-refractivity contribution in [3.63, 3.8) is 0 Å². The number of hydrogen-bond acceptors (Lipinski definition) is 7. The lowest BCUT2D eigenvalue weighted by Crippen LogP contribution is -2.36. The summed E-state index contributed by atoms with van der Waals surface area (Å²) in [6.07, 6.45) is -0.939. The van der Waals surface area contributed by atoms with Crippen LogP contribution in [0.25, 0.3) is 22.4 Å². The second-order valence-electron chi connectivity index (χ2n) is 8.56. The van der Waals surface area contributed by atoms with Crippen molar-refractivity contribution in [1.82, 2.24) is 9.97 Å². The third-order valence-electron chi connectivity index (χ3n) is 6.02. The Morgan fingerprint density at radius 2 is 1.89 bits per heavy atom. The van der Waals surface area contributed by atoms with E-state index in [1.54, 1.807) is 30.3 Å². The molecule has 0 saturated carbocycles. The van der Waals surface area contributed by atoms with Crippen LogP contribution in [0, 0.1) is 0 Å². The molecule has 4 aromatic rings. The first-order valence-electron chi connectivity index (χ1n) is 11.9.